The van der Waals surface area contributed by atoms with Crippen LogP contribution in [0.2, 0.25) is 0 Å². The van der Waals surface area contributed by atoms with Gasteiger partial charge in [0.25, 0.3) is 0 Å². The van der Waals surface area contributed by atoms with E-state index in [-0.39, 0.29) is 35.2 Å². The Morgan fingerprint density at radius 1 is 1.23 bits per heavy atom. The minimum atomic E-state index is -0.790. The molecule has 0 bridgehead atoms. The Balaban J connectivity index is 1.77. The molecule has 0 radical (unpaired) electrons. The maximum absolute atomic E-state index is 13.8. The van der Waals surface area contributed by atoms with Gasteiger partial charge < -0.3 is 9.73 Å². The minimum Gasteiger partial charge on any atom is -0.423 e. The molecular formula is C15H15F2N3O2. The summed E-state index contributed by atoms with van der Waals surface area (Å²) in [6.07, 6.45) is 4.98. The lowest BCUT2D eigenvalue weighted by molar-refractivity contribution is 0.249. The van der Waals surface area contributed by atoms with Gasteiger partial charge in [-0.3, -0.25) is 0 Å². The second-order valence-electron chi connectivity index (χ2n) is 5.86. The molecule has 1 aliphatic carbocycles. The van der Waals surface area contributed by atoms with Crippen molar-refractivity contribution in [2.45, 2.75) is 44.2 Å². The van der Waals surface area contributed by atoms with Gasteiger partial charge in [-0.05, 0) is 12.8 Å². The number of hydrogen-bond donors (Lipinski definition) is 1. The molecule has 7 heteroatoms. The van der Waals surface area contributed by atoms with Crippen molar-refractivity contribution < 1.29 is 18.0 Å². The van der Waals surface area contributed by atoms with E-state index in [0.29, 0.717) is 0 Å². The molecule has 2 aliphatic rings. The van der Waals surface area contributed by atoms with Crippen molar-refractivity contribution in [1.82, 2.24) is 10.3 Å². The number of aromatic nitrogens is 1. The molecule has 2 heterocycles. The maximum Gasteiger partial charge on any atom is 0.326 e. The van der Waals surface area contributed by atoms with E-state index in [2.05, 4.69) is 10.3 Å². The number of nitrogens with one attached hydrogen (secondary N) is 1. The van der Waals surface area contributed by atoms with Gasteiger partial charge in [-0.1, -0.05) is 19.3 Å². The number of halogens is 2. The molecule has 1 saturated carbocycles. The number of rotatable bonds is 1. The molecule has 1 saturated heterocycles. The van der Waals surface area contributed by atoms with E-state index in [4.69, 9.17) is 4.42 Å². The van der Waals surface area contributed by atoms with Crippen LogP contribution in [-0.2, 0) is 0 Å². The van der Waals surface area contributed by atoms with Crippen molar-refractivity contribution in [3.8, 4) is 0 Å². The van der Waals surface area contributed by atoms with Gasteiger partial charge in [-0.15, -0.1) is 0 Å². The first-order valence-electron chi connectivity index (χ1n) is 7.49. The average molecular weight is 307 g/mol. The molecule has 116 valence electrons. The van der Waals surface area contributed by atoms with Gasteiger partial charge in [-0.25, -0.2) is 18.5 Å². The topological polar surface area (TPSA) is 58.4 Å². The predicted molar refractivity (Wildman–Crippen MR) is 75.6 cm³/mol. The fourth-order valence-corrected chi connectivity index (χ4v) is 3.42. The summed E-state index contributed by atoms with van der Waals surface area (Å²) in [5, 5.41) is 2.93. The molecule has 1 aliphatic heterocycles. The quantitative estimate of drug-likeness (QED) is 0.879. The minimum absolute atomic E-state index is 0.0115. The summed E-state index contributed by atoms with van der Waals surface area (Å²) >= 11 is 0. The third-order valence-corrected chi connectivity index (χ3v) is 4.45. The Kier molecular flexibility index (Phi) is 3.02. The van der Waals surface area contributed by atoms with Crippen molar-refractivity contribution in [3.63, 3.8) is 0 Å². The van der Waals surface area contributed by atoms with Gasteiger partial charge in [0.2, 0.25) is 0 Å². The monoisotopic (exact) mass is 307 g/mol. The lowest BCUT2D eigenvalue weighted by Gasteiger charge is -2.21. The molecular weight excluding hydrogens is 292 g/mol. The van der Waals surface area contributed by atoms with Crippen LogP contribution >= 0.6 is 0 Å². The Morgan fingerprint density at radius 2 is 2.05 bits per heavy atom. The second-order valence-corrected chi connectivity index (χ2v) is 5.86. The largest absolute Gasteiger partial charge is 0.423 e. The SMILES string of the molecule is O=C1NC2CCCCCC2N1c1nc2c(F)cc(F)cc2o1. The fraction of sp³-hybridized carbons (Fsp3) is 0.467. The van der Waals surface area contributed by atoms with Crippen molar-refractivity contribution >= 4 is 23.1 Å². The van der Waals surface area contributed by atoms with Gasteiger partial charge in [0.15, 0.2) is 11.4 Å². The van der Waals surface area contributed by atoms with Crippen LogP contribution in [0.5, 0.6) is 0 Å². The smallest absolute Gasteiger partial charge is 0.326 e. The first kappa shape index (κ1) is 13.5. The van der Waals surface area contributed by atoms with Crippen molar-refractivity contribution in [1.29, 1.82) is 0 Å². The Bertz CT molecular complexity index is 746. The van der Waals surface area contributed by atoms with Crippen LogP contribution in [0.25, 0.3) is 11.1 Å². The molecule has 0 spiro atoms. The Morgan fingerprint density at radius 3 is 2.91 bits per heavy atom. The number of carbonyl (C=O) groups is 1. The standard InChI is InChI=1S/C15H15F2N3O2/c16-8-6-9(17)13-12(7-8)22-15(19-13)20-11-5-3-1-2-4-10(11)18-14(20)21/h6-7,10-11H,1-5H2,(H,18,21). The van der Waals surface area contributed by atoms with Crippen LogP contribution in [0.4, 0.5) is 19.6 Å². The summed E-state index contributed by atoms with van der Waals surface area (Å²) in [6, 6.07) is 1.60. The van der Waals surface area contributed by atoms with E-state index in [9.17, 15) is 13.6 Å². The third-order valence-electron chi connectivity index (χ3n) is 4.45. The number of carbonyl (C=O) groups excluding carboxylic acids is 1. The lowest BCUT2D eigenvalue weighted by Crippen LogP contribution is -2.36. The zero-order valence-electron chi connectivity index (χ0n) is 11.8. The van der Waals surface area contributed by atoms with Gasteiger partial charge in [0.1, 0.15) is 11.3 Å². The second kappa shape index (κ2) is 4.93. The van der Waals surface area contributed by atoms with Gasteiger partial charge in [0, 0.05) is 12.1 Å². The van der Waals surface area contributed by atoms with E-state index in [1.807, 2.05) is 0 Å². The number of urea groups is 1. The molecule has 1 aromatic heterocycles. The van der Waals surface area contributed by atoms with Crippen molar-refractivity contribution in [2.75, 3.05) is 4.90 Å². The number of anilines is 1. The zero-order valence-corrected chi connectivity index (χ0v) is 11.8. The lowest BCUT2D eigenvalue weighted by atomic mass is 10.0. The van der Waals surface area contributed by atoms with E-state index in [1.54, 1.807) is 0 Å². The number of nitrogens with zero attached hydrogens (tertiary/aromatic N) is 2. The van der Waals surface area contributed by atoms with E-state index in [0.717, 1.165) is 44.2 Å². The summed E-state index contributed by atoms with van der Waals surface area (Å²) in [6.45, 7) is 0. The highest BCUT2D eigenvalue weighted by Gasteiger charge is 2.42. The molecule has 5 nitrogen and oxygen atoms in total. The van der Waals surface area contributed by atoms with Crippen LogP contribution in [0.15, 0.2) is 16.5 Å². The van der Waals surface area contributed by atoms with E-state index in [1.165, 1.54) is 4.90 Å². The highest BCUT2D eigenvalue weighted by atomic mass is 19.1. The Labute approximate surface area is 125 Å². The summed E-state index contributed by atoms with van der Waals surface area (Å²) < 4.78 is 32.5. The average Bonchev–Trinajstić information content (AvgIpc) is 2.92. The van der Waals surface area contributed by atoms with Gasteiger partial charge >= 0.3 is 12.0 Å². The number of hydrogen-bond acceptors (Lipinski definition) is 3. The summed E-state index contributed by atoms with van der Waals surface area (Å²) in [5.41, 5.74) is -0.0429. The van der Waals surface area contributed by atoms with E-state index < -0.39 is 11.6 Å². The maximum atomic E-state index is 13.8. The van der Waals surface area contributed by atoms with Crippen molar-refractivity contribution in [2.24, 2.45) is 0 Å². The highest BCUT2D eigenvalue weighted by molar-refractivity contribution is 5.94. The van der Waals surface area contributed by atoms with Gasteiger partial charge in [0.05, 0.1) is 12.1 Å². The molecule has 22 heavy (non-hydrogen) atoms. The molecule has 2 atom stereocenters. The first-order valence-corrected chi connectivity index (χ1v) is 7.49. The zero-order chi connectivity index (χ0) is 15.3. The highest BCUT2D eigenvalue weighted by Crippen LogP contribution is 2.33. The molecule has 2 fully saturated rings. The predicted octanol–water partition coefficient (Wildman–Crippen LogP) is 3.34. The van der Waals surface area contributed by atoms with Gasteiger partial charge in [-0.2, -0.15) is 4.98 Å². The number of oxazole rings is 1. The normalized spacial score (nSPS) is 25.2. The summed E-state index contributed by atoms with van der Waals surface area (Å²) in [7, 11) is 0. The number of fused-ring (bicyclic) bond motifs is 2. The van der Waals surface area contributed by atoms with Crippen LogP contribution in [0, 0.1) is 11.6 Å². The third kappa shape index (κ3) is 2.03. The van der Waals surface area contributed by atoms with Crippen LogP contribution < -0.4 is 10.2 Å². The first-order chi connectivity index (χ1) is 10.6. The molecule has 2 amide bonds. The summed E-state index contributed by atoms with van der Waals surface area (Å²) in [4.78, 5) is 17.7. The molecule has 2 aromatic rings. The fourth-order valence-electron chi connectivity index (χ4n) is 3.42. The molecule has 2 unspecified atom stereocenters. The molecule has 1 N–H and O–H groups in total. The molecule has 1 aromatic carbocycles. The van der Waals surface area contributed by atoms with Crippen molar-refractivity contribution in [3.05, 3.63) is 23.8 Å². The van der Waals surface area contributed by atoms with Crippen LogP contribution in [0.1, 0.15) is 32.1 Å². The van der Waals surface area contributed by atoms with Crippen LogP contribution in [-0.4, -0.2) is 23.1 Å². The van der Waals surface area contributed by atoms with Crippen LogP contribution in [0.3, 0.4) is 0 Å². The number of amides is 2. The Hall–Kier alpha value is -2.18. The summed E-state index contributed by atoms with van der Waals surface area (Å²) in [5.74, 6) is -1.52. The molecule has 4 rings (SSSR count). The van der Waals surface area contributed by atoms with E-state index >= 15 is 0 Å². The number of benzene rings is 1.